The van der Waals surface area contributed by atoms with E-state index in [4.69, 9.17) is 0 Å². The van der Waals surface area contributed by atoms with E-state index in [9.17, 15) is 10.1 Å². The number of anilines is 1. The molecule has 112 valence electrons. The van der Waals surface area contributed by atoms with Crippen LogP contribution in [0.5, 0.6) is 0 Å². The number of nitrogens with one attached hydrogen (secondary N) is 1. The SMILES string of the molecule is CCC(CC)(CNc1cc(C)c([N+](=O)[O-])cc1Br)SC. The molecule has 6 heteroatoms. The van der Waals surface area contributed by atoms with Gasteiger partial charge in [-0.05, 0) is 48.0 Å². The highest BCUT2D eigenvalue weighted by Gasteiger charge is 2.25. The van der Waals surface area contributed by atoms with Gasteiger partial charge in [0.05, 0.1) is 4.92 Å². The zero-order valence-corrected chi connectivity index (χ0v) is 14.7. The van der Waals surface area contributed by atoms with Gasteiger partial charge >= 0.3 is 0 Å². The molecule has 0 aliphatic heterocycles. The molecule has 0 aromatic heterocycles. The van der Waals surface area contributed by atoms with Gasteiger partial charge in [0.25, 0.3) is 5.69 Å². The van der Waals surface area contributed by atoms with Crippen LogP contribution in [-0.2, 0) is 0 Å². The van der Waals surface area contributed by atoms with Gasteiger partial charge in [0, 0.05) is 33.1 Å². The number of nitro groups is 1. The molecule has 0 unspecified atom stereocenters. The van der Waals surface area contributed by atoms with Crippen molar-refractivity contribution < 1.29 is 4.92 Å². The molecule has 20 heavy (non-hydrogen) atoms. The Morgan fingerprint density at radius 1 is 1.40 bits per heavy atom. The Balaban J connectivity index is 2.94. The summed E-state index contributed by atoms with van der Waals surface area (Å²) in [4.78, 5) is 10.5. The molecule has 0 spiro atoms. The summed E-state index contributed by atoms with van der Waals surface area (Å²) >= 11 is 5.28. The first kappa shape index (κ1) is 17.3. The second kappa shape index (κ2) is 7.31. The average Bonchev–Trinajstić information content (AvgIpc) is 2.43. The Labute approximate surface area is 133 Å². The first-order valence-electron chi connectivity index (χ1n) is 6.62. The van der Waals surface area contributed by atoms with Crippen LogP contribution in [0, 0.1) is 17.0 Å². The largest absolute Gasteiger partial charge is 0.383 e. The predicted molar refractivity (Wildman–Crippen MR) is 90.9 cm³/mol. The van der Waals surface area contributed by atoms with Crippen LogP contribution in [0.1, 0.15) is 32.3 Å². The number of nitro benzene ring substituents is 1. The fourth-order valence-corrected chi connectivity index (χ4v) is 3.39. The molecule has 4 nitrogen and oxygen atoms in total. The maximum absolute atomic E-state index is 10.9. The van der Waals surface area contributed by atoms with E-state index in [0.717, 1.165) is 29.5 Å². The van der Waals surface area contributed by atoms with Gasteiger partial charge in [0.1, 0.15) is 0 Å². The summed E-state index contributed by atoms with van der Waals surface area (Å²) in [5, 5.41) is 14.3. The van der Waals surface area contributed by atoms with Crippen LogP contribution in [0.4, 0.5) is 11.4 Å². The number of rotatable bonds is 7. The Morgan fingerprint density at radius 3 is 2.45 bits per heavy atom. The number of halogens is 1. The summed E-state index contributed by atoms with van der Waals surface area (Å²) in [6.45, 7) is 6.99. The van der Waals surface area contributed by atoms with Crippen LogP contribution in [0.25, 0.3) is 0 Å². The van der Waals surface area contributed by atoms with Gasteiger partial charge in [-0.25, -0.2) is 0 Å². The molecule has 0 saturated heterocycles. The Morgan fingerprint density at radius 2 is 2.00 bits per heavy atom. The van der Waals surface area contributed by atoms with Gasteiger partial charge in [-0.15, -0.1) is 0 Å². The number of hydrogen-bond donors (Lipinski definition) is 1. The molecule has 0 heterocycles. The molecule has 1 aromatic rings. The zero-order chi connectivity index (χ0) is 15.3. The summed E-state index contributed by atoms with van der Waals surface area (Å²) in [7, 11) is 0. The third-order valence-corrected chi connectivity index (χ3v) is 6.05. The molecule has 0 amide bonds. The molecule has 0 saturated carbocycles. The maximum Gasteiger partial charge on any atom is 0.273 e. The average molecular weight is 361 g/mol. The molecule has 1 N–H and O–H groups in total. The molecule has 0 atom stereocenters. The van der Waals surface area contributed by atoms with Crippen molar-refractivity contribution in [1.82, 2.24) is 0 Å². The van der Waals surface area contributed by atoms with E-state index in [1.165, 1.54) is 0 Å². The fourth-order valence-electron chi connectivity index (χ4n) is 2.12. The summed E-state index contributed by atoms with van der Waals surface area (Å²) in [6, 6.07) is 3.40. The number of aryl methyl sites for hydroxylation is 1. The van der Waals surface area contributed by atoms with Crippen LogP contribution >= 0.6 is 27.7 Å². The summed E-state index contributed by atoms with van der Waals surface area (Å²) in [6.07, 6.45) is 4.30. The van der Waals surface area contributed by atoms with E-state index in [0.29, 0.717) is 5.56 Å². The van der Waals surface area contributed by atoms with Crippen molar-refractivity contribution in [3.8, 4) is 0 Å². The number of nitrogens with zero attached hydrogens (tertiary/aromatic N) is 1. The monoisotopic (exact) mass is 360 g/mol. The lowest BCUT2D eigenvalue weighted by atomic mass is 10.0. The van der Waals surface area contributed by atoms with E-state index in [1.807, 2.05) is 17.8 Å². The minimum Gasteiger partial charge on any atom is -0.383 e. The molecule has 1 rings (SSSR count). The maximum atomic E-state index is 10.9. The van der Waals surface area contributed by atoms with Crippen LogP contribution in [0.15, 0.2) is 16.6 Å². The quantitative estimate of drug-likeness (QED) is 0.549. The Hall–Kier alpha value is -0.750. The van der Waals surface area contributed by atoms with Gasteiger partial charge in [0.15, 0.2) is 0 Å². The normalized spacial score (nSPS) is 11.4. The number of thioether (sulfide) groups is 1. The lowest BCUT2D eigenvalue weighted by Crippen LogP contribution is -2.32. The van der Waals surface area contributed by atoms with Gasteiger partial charge in [-0.3, -0.25) is 10.1 Å². The number of hydrogen-bond acceptors (Lipinski definition) is 4. The van der Waals surface area contributed by atoms with Gasteiger partial charge < -0.3 is 5.32 Å². The van der Waals surface area contributed by atoms with Gasteiger partial charge in [-0.2, -0.15) is 11.8 Å². The first-order chi connectivity index (χ1) is 9.39. The third kappa shape index (κ3) is 3.88. The highest BCUT2D eigenvalue weighted by Crippen LogP contribution is 2.34. The van der Waals surface area contributed by atoms with E-state index in [-0.39, 0.29) is 15.4 Å². The smallest absolute Gasteiger partial charge is 0.273 e. The molecule has 0 aliphatic rings. The lowest BCUT2D eigenvalue weighted by molar-refractivity contribution is -0.385. The van der Waals surface area contributed by atoms with Crippen molar-refractivity contribution in [2.45, 2.75) is 38.4 Å². The summed E-state index contributed by atoms with van der Waals surface area (Å²) in [5.41, 5.74) is 1.72. The molecule has 1 aromatic carbocycles. The molecule has 0 radical (unpaired) electrons. The molecule has 0 bridgehead atoms. The first-order valence-corrected chi connectivity index (χ1v) is 8.64. The molecular weight excluding hydrogens is 340 g/mol. The number of benzene rings is 1. The van der Waals surface area contributed by atoms with Gasteiger partial charge in [0.2, 0.25) is 0 Å². The fraction of sp³-hybridized carbons (Fsp3) is 0.571. The standard InChI is InChI=1S/C14H21BrN2O2S/c1-5-14(6-2,20-4)9-16-12-7-10(3)13(17(18)19)8-11(12)15/h7-8,16H,5-6,9H2,1-4H3. The van der Waals surface area contributed by atoms with Crippen molar-refractivity contribution in [3.63, 3.8) is 0 Å². The topological polar surface area (TPSA) is 55.2 Å². The van der Waals surface area contributed by atoms with Crippen molar-refractivity contribution in [1.29, 1.82) is 0 Å². The summed E-state index contributed by atoms with van der Waals surface area (Å²) < 4.78 is 0.937. The Kier molecular flexibility index (Phi) is 6.33. The molecule has 0 aliphatic carbocycles. The zero-order valence-electron chi connectivity index (χ0n) is 12.3. The minimum atomic E-state index is -0.353. The highest BCUT2D eigenvalue weighted by atomic mass is 79.9. The van der Waals surface area contributed by atoms with Crippen molar-refractivity contribution >= 4 is 39.1 Å². The van der Waals surface area contributed by atoms with Crippen LogP contribution in [0.3, 0.4) is 0 Å². The van der Waals surface area contributed by atoms with E-state index in [2.05, 4.69) is 41.3 Å². The molecular formula is C14H21BrN2O2S. The predicted octanol–water partition coefficient (Wildman–Crippen LogP) is 5.00. The van der Waals surface area contributed by atoms with Crippen molar-refractivity contribution in [2.24, 2.45) is 0 Å². The Bertz CT molecular complexity index is 482. The summed E-state index contributed by atoms with van der Waals surface area (Å²) in [5.74, 6) is 0. The highest BCUT2D eigenvalue weighted by molar-refractivity contribution is 9.10. The van der Waals surface area contributed by atoms with Crippen LogP contribution in [-0.4, -0.2) is 22.5 Å². The van der Waals surface area contributed by atoms with E-state index >= 15 is 0 Å². The van der Waals surface area contributed by atoms with Crippen molar-refractivity contribution in [3.05, 3.63) is 32.3 Å². The van der Waals surface area contributed by atoms with E-state index < -0.39 is 0 Å². The van der Waals surface area contributed by atoms with Crippen LogP contribution in [0.2, 0.25) is 0 Å². The van der Waals surface area contributed by atoms with Gasteiger partial charge in [-0.1, -0.05) is 13.8 Å². The lowest BCUT2D eigenvalue weighted by Gasteiger charge is -2.30. The second-order valence-corrected chi connectivity index (χ2v) is 6.95. The molecule has 0 fully saturated rings. The second-order valence-electron chi connectivity index (χ2n) is 4.82. The minimum absolute atomic E-state index is 0.143. The van der Waals surface area contributed by atoms with E-state index in [1.54, 1.807) is 13.0 Å². The van der Waals surface area contributed by atoms with Crippen molar-refractivity contribution in [2.75, 3.05) is 18.1 Å². The third-order valence-electron chi connectivity index (χ3n) is 3.81. The van der Waals surface area contributed by atoms with Crippen LogP contribution < -0.4 is 5.32 Å².